The Hall–Kier alpha value is -0.410. The third kappa shape index (κ3) is 4.20. The number of thioether (sulfide) groups is 1. The van der Waals surface area contributed by atoms with E-state index in [9.17, 15) is 0 Å². The molecule has 3 heteroatoms. The normalized spacial score (nSPS) is 13.4. The van der Waals surface area contributed by atoms with E-state index in [2.05, 4.69) is 19.2 Å². The van der Waals surface area contributed by atoms with E-state index >= 15 is 0 Å². The van der Waals surface area contributed by atoms with Gasteiger partial charge in [0, 0.05) is 18.2 Å². The van der Waals surface area contributed by atoms with E-state index in [1.165, 1.54) is 0 Å². The van der Waals surface area contributed by atoms with Crippen LogP contribution in [0.1, 0.15) is 19.6 Å². The maximum atomic E-state index is 5.32. The van der Waals surface area contributed by atoms with Crippen LogP contribution in [-0.2, 0) is 6.42 Å². The molecule has 2 nitrogen and oxygen atoms in total. The zero-order chi connectivity index (χ0) is 10.4. The van der Waals surface area contributed by atoms with E-state index in [0.29, 0.717) is 11.3 Å². The molecule has 1 N–H and O–H groups in total. The maximum absolute atomic E-state index is 5.32. The van der Waals surface area contributed by atoms with Gasteiger partial charge in [-0.05, 0) is 24.4 Å². The fourth-order valence-electron chi connectivity index (χ4n) is 1.22. The third-order valence-corrected chi connectivity index (χ3v) is 3.33. The zero-order valence-corrected chi connectivity index (χ0v) is 9.93. The maximum Gasteiger partial charge on any atom is 0.105 e. The molecular weight excluding hydrogens is 194 g/mol. The van der Waals surface area contributed by atoms with Gasteiger partial charge in [0.25, 0.3) is 0 Å². The summed E-state index contributed by atoms with van der Waals surface area (Å²) in [6.45, 7) is 4.45. The van der Waals surface area contributed by atoms with Crippen LogP contribution in [0.15, 0.2) is 22.8 Å². The van der Waals surface area contributed by atoms with Crippen molar-refractivity contribution in [3.63, 3.8) is 0 Å². The molecule has 0 saturated heterocycles. The minimum Gasteiger partial charge on any atom is -0.469 e. The lowest BCUT2D eigenvalue weighted by Gasteiger charge is -2.15. The minimum atomic E-state index is 0.508. The van der Waals surface area contributed by atoms with Crippen molar-refractivity contribution < 1.29 is 4.42 Å². The van der Waals surface area contributed by atoms with Gasteiger partial charge in [-0.1, -0.05) is 13.8 Å². The summed E-state index contributed by atoms with van der Waals surface area (Å²) >= 11 is 1.98. The highest BCUT2D eigenvalue weighted by Gasteiger charge is 2.09. The number of nitrogens with one attached hydrogen (secondary N) is 1. The number of furan rings is 1. The summed E-state index contributed by atoms with van der Waals surface area (Å²) in [4.78, 5) is 0. The van der Waals surface area contributed by atoms with Gasteiger partial charge >= 0.3 is 0 Å². The lowest BCUT2D eigenvalue weighted by Crippen LogP contribution is -2.30. The van der Waals surface area contributed by atoms with E-state index in [-0.39, 0.29) is 0 Å². The van der Waals surface area contributed by atoms with E-state index in [0.717, 1.165) is 17.9 Å². The Kier molecular flexibility index (Phi) is 5.12. The molecular formula is C11H19NOS. The van der Waals surface area contributed by atoms with Crippen molar-refractivity contribution >= 4 is 11.8 Å². The summed E-state index contributed by atoms with van der Waals surface area (Å²) in [5, 5.41) is 4.01. The van der Waals surface area contributed by atoms with Crippen LogP contribution in [0.2, 0.25) is 0 Å². The van der Waals surface area contributed by atoms with Gasteiger partial charge in [0.15, 0.2) is 0 Å². The molecule has 0 bridgehead atoms. The quantitative estimate of drug-likeness (QED) is 0.786. The molecule has 0 aliphatic heterocycles. The van der Waals surface area contributed by atoms with Crippen LogP contribution in [0, 0.1) is 0 Å². The van der Waals surface area contributed by atoms with E-state index in [1.54, 1.807) is 6.26 Å². The Morgan fingerprint density at radius 2 is 2.29 bits per heavy atom. The number of hydrogen-bond donors (Lipinski definition) is 1. The van der Waals surface area contributed by atoms with E-state index in [4.69, 9.17) is 4.42 Å². The lowest BCUT2D eigenvalue weighted by molar-refractivity contribution is 0.474. The molecule has 0 saturated carbocycles. The Morgan fingerprint density at radius 1 is 1.50 bits per heavy atom. The Bertz CT molecular complexity index is 233. The van der Waals surface area contributed by atoms with E-state index < -0.39 is 0 Å². The summed E-state index contributed by atoms with van der Waals surface area (Å²) in [6, 6.07) is 4.48. The highest BCUT2D eigenvalue weighted by atomic mass is 32.2. The number of hydrogen-bond acceptors (Lipinski definition) is 3. The molecule has 1 rings (SSSR count). The van der Waals surface area contributed by atoms with Gasteiger partial charge in [-0.15, -0.1) is 0 Å². The summed E-state index contributed by atoms with van der Waals surface area (Å²) in [5.41, 5.74) is 0. The molecule has 0 radical (unpaired) electrons. The van der Waals surface area contributed by atoms with Gasteiger partial charge in [0.2, 0.25) is 0 Å². The molecule has 0 aliphatic rings. The monoisotopic (exact) mass is 213 g/mol. The molecule has 0 fully saturated rings. The second kappa shape index (κ2) is 6.14. The molecule has 80 valence electrons. The van der Waals surface area contributed by atoms with Crippen LogP contribution >= 0.6 is 11.8 Å². The summed E-state index contributed by atoms with van der Waals surface area (Å²) in [5.74, 6) is 2.20. The van der Waals surface area contributed by atoms with Gasteiger partial charge in [0.05, 0.1) is 6.26 Å². The number of likely N-dealkylation sites (N-methyl/N-ethyl adjacent to an activating group) is 1. The largest absolute Gasteiger partial charge is 0.469 e. The first kappa shape index (κ1) is 11.7. The first-order valence-corrected chi connectivity index (χ1v) is 6.08. The zero-order valence-electron chi connectivity index (χ0n) is 9.12. The van der Waals surface area contributed by atoms with Gasteiger partial charge in [0.1, 0.15) is 5.76 Å². The fraction of sp³-hybridized carbons (Fsp3) is 0.636. The third-order valence-electron chi connectivity index (χ3n) is 2.07. The molecule has 0 aliphatic carbocycles. The molecule has 0 aromatic carbocycles. The van der Waals surface area contributed by atoms with Crippen LogP contribution in [-0.4, -0.2) is 24.1 Å². The number of rotatable bonds is 6. The minimum absolute atomic E-state index is 0.508. The molecule has 14 heavy (non-hydrogen) atoms. The van der Waals surface area contributed by atoms with Crippen molar-refractivity contribution in [3.8, 4) is 0 Å². The molecule has 1 atom stereocenters. The second-order valence-electron chi connectivity index (χ2n) is 3.65. The van der Waals surface area contributed by atoms with Gasteiger partial charge in [-0.2, -0.15) is 11.8 Å². The van der Waals surface area contributed by atoms with Crippen LogP contribution < -0.4 is 5.32 Å². The Labute approximate surface area is 90.5 Å². The average Bonchev–Trinajstić information content (AvgIpc) is 2.64. The standard InChI is InChI=1S/C11H19NOS/c1-9(2)14-8-10(12-3)7-11-5-4-6-13-11/h4-6,9-10,12H,7-8H2,1-3H3. The summed E-state index contributed by atoms with van der Waals surface area (Å²) in [7, 11) is 2.01. The van der Waals surface area contributed by atoms with Gasteiger partial charge < -0.3 is 9.73 Å². The molecule has 0 spiro atoms. The fourth-order valence-corrected chi connectivity index (χ4v) is 2.13. The van der Waals surface area contributed by atoms with Gasteiger partial charge in [-0.25, -0.2) is 0 Å². The van der Waals surface area contributed by atoms with Crippen LogP contribution in [0.3, 0.4) is 0 Å². The molecule has 1 heterocycles. The predicted molar refractivity (Wildman–Crippen MR) is 62.9 cm³/mol. The average molecular weight is 213 g/mol. The highest BCUT2D eigenvalue weighted by Crippen LogP contribution is 2.13. The SMILES string of the molecule is CNC(CSC(C)C)Cc1ccco1. The van der Waals surface area contributed by atoms with Crippen molar-refractivity contribution in [2.75, 3.05) is 12.8 Å². The first-order valence-electron chi connectivity index (χ1n) is 5.03. The lowest BCUT2D eigenvalue weighted by atomic mass is 10.2. The van der Waals surface area contributed by atoms with Crippen molar-refractivity contribution in [3.05, 3.63) is 24.2 Å². The molecule has 1 aromatic heterocycles. The Balaban J connectivity index is 2.32. The van der Waals surface area contributed by atoms with E-state index in [1.807, 2.05) is 30.9 Å². The van der Waals surface area contributed by atoms with Crippen molar-refractivity contribution in [1.29, 1.82) is 0 Å². The summed E-state index contributed by atoms with van der Waals surface area (Å²) in [6.07, 6.45) is 2.71. The smallest absolute Gasteiger partial charge is 0.105 e. The predicted octanol–water partition coefficient (Wildman–Crippen LogP) is 2.55. The Morgan fingerprint density at radius 3 is 2.79 bits per heavy atom. The van der Waals surface area contributed by atoms with Gasteiger partial charge in [-0.3, -0.25) is 0 Å². The second-order valence-corrected chi connectivity index (χ2v) is 5.26. The molecule has 1 aromatic rings. The molecule has 1 unspecified atom stereocenters. The van der Waals surface area contributed by atoms with Crippen LogP contribution in [0.5, 0.6) is 0 Å². The van der Waals surface area contributed by atoms with Crippen molar-refractivity contribution in [2.45, 2.75) is 31.6 Å². The summed E-state index contributed by atoms with van der Waals surface area (Å²) < 4.78 is 5.32. The topological polar surface area (TPSA) is 25.2 Å². The highest BCUT2D eigenvalue weighted by molar-refractivity contribution is 7.99. The van der Waals surface area contributed by atoms with Crippen molar-refractivity contribution in [2.24, 2.45) is 0 Å². The van der Waals surface area contributed by atoms with Crippen LogP contribution in [0.25, 0.3) is 0 Å². The van der Waals surface area contributed by atoms with Crippen LogP contribution in [0.4, 0.5) is 0 Å². The first-order chi connectivity index (χ1) is 6.72. The molecule has 0 amide bonds. The van der Waals surface area contributed by atoms with Crippen molar-refractivity contribution in [1.82, 2.24) is 5.32 Å².